The van der Waals surface area contributed by atoms with Gasteiger partial charge >= 0.3 is 17.9 Å². The van der Waals surface area contributed by atoms with Gasteiger partial charge in [-0.2, -0.15) is 0 Å². The highest BCUT2D eigenvalue weighted by molar-refractivity contribution is 6.08. The molecule has 0 saturated carbocycles. The van der Waals surface area contributed by atoms with E-state index in [4.69, 9.17) is 4.42 Å². The number of ether oxygens (including phenoxy) is 2. The third kappa shape index (κ3) is 7.41. The summed E-state index contributed by atoms with van der Waals surface area (Å²) in [4.78, 5) is 57.6. The molecule has 2 aromatic carbocycles. The topological polar surface area (TPSA) is 169 Å². The van der Waals surface area contributed by atoms with Gasteiger partial charge in [-0.05, 0) is 56.0 Å². The summed E-state index contributed by atoms with van der Waals surface area (Å²) in [7, 11) is 0. The van der Waals surface area contributed by atoms with Crippen LogP contribution in [0.15, 0.2) is 57.7 Å². The molecule has 2 aliphatic rings. The summed E-state index contributed by atoms with van der Waals surface area (Å²) < 4.78 is 15.2. The number of hydrogen-bond donors (Lipinski definition) is 3. The number of carboxylic acids is 1. The number of phenols is 1. The van der Waals surface area contributed by atoms with Crippen LogP contribution in [-0.4, -0.2) is 53.3 Å². The zero-order chi connectivity index (χ0) is 32.6. The minimum absolute atomic E-state index is 0.105. The molecule has 3 N–H and O–H groups in total. The maximum absolute atomic E-state index is 12.4. The molecule has 1 aliphatic heterocycles. The molecule has 0 unspecified atom stereocenters. The number of nitrogens with one attached hydrogen (secondary N) is 1. The minimum Gasteiger partial charge on any atom is -0.508 e. The lowest BCUT2D eigenvalue weighted by Gasteiger charge is -2.18. The van der Waals surface area contributed by atoms with E-state index >= 15 is 0 Å². The number of carbonyl (C=O) groups excluding carboxylic acids is 3. The minimum atomic E-state index is -1.37. The molecule has 0 atom stereocenters. The molecule has 1 amide bonds. The molecule has 0 spiro atoms. The van der Waals surface area contributed by atoms with Crippen LogP contribution in [0.1, 0.15) is 56.1 Å². The monoisotopic (exact) mass is 605 g/mol. The van der Waals surface area contributed by atoms with E-state index in [-0.39, 0.29) is 30.0 Å². The third-order valence-electron chi connectivity index (χ3n) is 6.68. The molecule has 1 aliphatic carbocycles. The summed E-state index contributed by atoms with van der Waals surface area (Å²) in [6.07, 6.45) is 1.17. The van der Waals surface area contributed by atoms with E-state index in [1.807, 2.05) is 19.9 Å². The van der Waals surface area contributed by atoms with Crippen LogP contribution in [0, 0.1) is 0 Å². The molecular formula is C33H35NO10. The zero-order valence-electron chi connectivity index (χ0n) is 25.2. The van der Waals surface area contributed by atoms with E-state index < -0.39 is 29.9 Å². The first kappa shape index (κ1) is 33.3. The number of esters is 2. The van der Waals surface area contributed by atoms with Crippen LogP contribution in [0.2, 0.25) is 0 Å². The second-order valence-corrected chi connectivity index (χ2v) is 9.61. The van der Waals surface area contributed by atoms with Gasteiger partial charge in [0.25, 0.3) is 0 Å². The standard InChI is InChI=1S/C24H20O5.C9H15NO5/c1-3-13-9-17-21(11-19(13)25)29-22-12-20(26)14(4-2)10-18(22)23(17)15-7-5-6-8-16(15)24(27)28;1-4-14-8(12)7(10-6(3)11)9(13)15-5-2/h5-12,25H,3-4H2,1-2H3,(H,27,28);7H,4-5H2,1-3H3,(H,10,11). The SMILES string of the molecule is CCOC(=O)C(NC(C)=O)C(=O)OCC.CCc1cc2c(-c3ccccc3C(=O)O)c3cc(CC)c(=O)cc-3oc2cc1O. The van der Waals surface area contributed by atoms with Crippen LogP contribution in [0.4, 0.5) is 0 Å². The summed E-state index contributed by atoms with van der Waals surface area (Å²) in [6, 6.07) is 12.0. The molecule has 4 rings (SSSR count). The van der Waals surface area contributed by atoms with Gasteiger partial charge in [-0.1, -0.05) is 32.0 Å². The van der Waals surface area contributed by atoms with Crippen molar-refractivity contribution in [3.63, 3.8) is 0 Å². The molecular weight excluding hydrogens is 570 g/mol. The number of carbonyl (C=O) groups is 4. The highest BCUT2D eigenvalue weighted by Crippen LogP contribution is 2.43. The second-order valence-electron chi connectivity index (χ2n) is 9.61. The van der Waals surface area contributed by atoms with Crippen molar-refractivity contribution in [2.24, 2.45) is 0 Å². The Labute approximate surface area is 253 Å². The Kier molecular flexibility index (Phi) is 11.2. The Bertz CT molecular complexity index is 1700. The maximum atomic E-state index is 12.4. The lowest BCUT2D eigenvalue weighted by Crippen LogP contribution is -2.47. The molecule has 1 heterocycles. The van der Waals surface area contributed by atoms with E-state index in [0.717, 1.165) is 5.56 Å². The lowest BCUT2D eigenvalue weighted by molar-refractivity contribution is -0.159. The van der Waals surface area contributed by atoms with Crippen molar-refractivity contribution in [3.8, 4) is 28.2 Å². The smallest absolute Gasteiger partial charge is 0.340 e. The van der Waals surface area contributed by atoms with Gasteiger partial charge in [-0.25, -0.2) is 14.4 Å². The molecule has 0 saturated heterocycles. The highest BCUT2D eigenvalue weighted by Gasteiger charge is 2.30. The predicted molar refractivity (Wildman–Crippen MR) is 163 cm³/mol. The van der Waals surface area contributed by atoms with Crippen LogP contribution in [0.3, 0.4) is 0 Å². The number of carboxylic acid groups (broad SMARTS) is 1. The van der Waals surface area contributed by atoms with E-state index in [0.29, 0.717) is 51.8 Å². The van der Waals surface area contributed by atoms with Crippen LogP contribution in [-0.2, 0) is 36.7 Å². The van der Waals surface area contributed by atoms with Gasteiger partial charge in [0.1, 0.15) is 17.1 Å². The Morgan fingerprint density at radius 1 is 0.864 bits per heavy atom. The number of benzene rings is 3. The van der Waals surface area contributed by atoms with Crippen LogP contribution in [0.5, 0.6) is 5.75 Å². The van der Waals surface area contributed by atoms with Gasteiger partial charge in [-0.3, -0.25) is 9.59 Å². The molecule has 0 bridgehead atoms. The van der Waals surface area contributed by atoms with Gasteiger partial charge in [0.05, 0.1) is 18.8 Å². The molecule has 11 nitrogen and oxygen atoms in total. The van der Waals surface area contributed by atoms with Gasteiger partial charge in [0, 0.05) is 41.1 Å². The van der Waals surface area contributed by atoms with E-state index in [1.54, 1.807) is 44.2 Å². The summed E-state index contributed by atoms with van der Waals surface area (Å²) >= 11 is 0. The van der Waals surface area contributed by atoms with Crippen LogP contribution < -0.4 is 10.7 Å². The average molecular weight is 606 g/mol. The van der Waals surface area contributed by atoms with Gasteiger partial charge in [0.2, 0.25) is 11.9 Å². The molecule has 2 aromatic rings. The summed E-state index contributed by atoms with van der Waals surface area (Å²) in [5, 5.41) is 22.9. The highest BCUT2D eigenvalue weighted by atomic mass is 16.6. The Hall–Kier alpha value is -5.19. The largest absolute Gasteiger partial charge is 0.508 e. The number of rotatable bonds is 9. The average Bonchev–Trinajstić information content (AvgIpc) is 2.98. The number of aromatic hydroxyl groups is 1. The molecule has 44 heavy (non-hydrogen) atoms. The number of aryl methyl sites for hydroxylation is 2. The lowest BCUT2D eigenvalue weighted by atomic mass is 9.89. The first-order chi connectivity index (χ1) is 21.0. The van der Waals surface area contributed by atoms with Crippen molar-refractivity contribution in [3.05, 3.63) is 75.4 Å². The fraction of sp³-hybridized carbons (Fsp3) is 0.303. The van der Waals surface area contributed by atoms with E-state index in [2.05, 4.69) is 14.8 Å². The van der Waals surface area contributed by atoms with Crippen molar-refractivity contribution in [1.82, 2.24) is 5.32 Å². The van der Waals surface area contributed by atoms with Crippen molar-refractivity contribution in [2.75, 3.05) is 13.2 Å². The Balaban J connectivity index is 0.000000301. The summed E-state index contributed by atoms with van der Waals surface area (Å²) in [6.45, 7) is 8.51. The summed E-state index contributed by atoms with van der Waals surface area (Å²) in [5.41, 5.74) is 3.70. The zero-order valence-corrected chi connectivity index (χ0v) is 25.2. The number of aromatic carboxylic acids is 1. The van der Waals surface area contributed by atoms with Crippen LogP contribution in [0.25, 0.3) is 33.4 Å². The molecule has 0 fully saturated rings. The second kappa shape index (κ2) is 14.8. The Morgan fingerprint density at radius 3 is 2.02 bits per heavy atom. The molecule has 0 aromatic heterocycles. The quantitative estimate of drug-likeness (QED) is 0.138. The predicted octanol–water partition coefficient (Wildman–Crippen LogP) is 4.71. The number of phenolic OH excluding ortho intramolecular Hbond substituents is 1. The van der Waals surface area contributed by atoms with Crippen molar-refractivity contribution in [2.45, 2.75) is 53.5 Å². The van der Waals surface area contributed by atoms with Crippen molar-refractivity contribution in [1.29, 1.82) is 0 Å². The Morgan fingerprint density at radius 2 is 1.48 bits per heavy atom. The molecule has 0 radical (unpaired) electrons. The number of hydrogen-bond acceptors (Lipinski definition) is 9. The maximum Gasteiger partial charge on any atom is 0.340 e. The van der Waals surface area contributed by atoms with Crippen molar-refractivity contribution < 1.29 is 43.3 Å². The normalized spacial score (nSPS) is 10.7. The van der Waals surface area contributed by atoms with Crippen LogP contribution >= 0.6 is 0 Å². The number of fused-ring (bicyclic) bond motifs is 2. The van der Waals surface area contributed by atoms with Gasteiger partial charge in [0.15, 0.2) is 5.43 Å². The summed E-state index contributed by atoms with van der Waals surface area (Å²) in [5.74, 6) is -2.70. The third-order valence-corrected chi connectivity index (χ3v) is 6.68. The van der Waals surface area contributed by atoms with Crippen molar-refractivity contribution >= 4 is 34.8 Å². The van der Waals surface area contributed by atoms with E-state index in [1.165, 1.54) is 19.1 Å². The molecule has 232 valence electrons. The number of amides is 1. The fourth-order valence-corrected chi connectivity index (χ4v) is 4.65. The van der Waals surface area contributed by atoms with Gasteiger partial charge in [-0.15, -0.1) is 0 Å². The first-order valence-electron chi connectivity index (χ1n) is 14.1. The fourth-order valence-electron chi connectivity index (χ4n) is 4.65. The van der Waals surface area contributed by atoms with Gasteiger partial charge < -0.3 is 29.4 Å². The molecule has 11 heteroatoms. The van der Waals surface area contributed by atoms with E-state index in [9.17, 15) is 34.2 Å². The first-order valence-corrected chi connectivity index (χ1v) is 14.1.